The molecule has 0 aliphatic carbocycles. The maximum Gasteiger partial charge on any atom is 0.243 e. The van der Waals surface area contributed by atoms with Gasteiger partial charge in [-0.05, 0) is 31.6 Å². The third-order valence-corrected chi connectivity index (χ3v) is 5.57. The average Bonchev–Trinajstić information content (AvgIpc) is 2.72. The van der Waals surface area contributed by atoms with E-state index in [0.717, 1.165) is 6.92 Å². The second-order valence-corrected chi connectivity index (χ2v) is 9.28. The lowest BCUT2D eigenvalue weighted by atomic mass is 9.87. The van der Waals surface area contributed by atoms with Crippen molar-refractivity contribution in [3.05, 3.63) is 0 Å². The minimum absolute atomic E-state index is 0.203. The van der Waals surface area contributed by atoms with Gasteiger partial charge in [0.1, 0.15) is 18.2 Å². The predicted octanol–water partition coefficient (Wildman–Crippen LogP) is -1.91. The Morgan fingerprint density at radius 1 is 0.824 bits per heavy atom. The standard InChI is InChI=1S/C22H40N4O8/c1-10(2)8-11(3)18(30)12(4)21(33)26-15(9-17(24)29)22(34)25-14(6-7-16(23)28)20(32)19(31)13(5)27/h10-12,14-15,18-20,30-32H,6-9H2,1-5H3,(H2,23,28)(H2,24,29)(H,25,34)(H,26,33). The molecule has 0 fully saturated rings. The number of nitrogens with two attached hydrogens (primary N) is 2. The second-order valence-electron chi connectivity index (χ2n) is 9.28. The SMILES string of the molecule is CC(=O)C(O)C(O)C(CCC(N)=O)NC(=O)C(CC(N)=O)NC(=O)C(C)C(O)C(C)CC(C)C. The number of carbonyl (C=O) groups is 5. The molecular formula is C22H40N4O8. The molecule has 0 aromatic carbocycles. The lowest BCUT2D eigenvalue weighted by Crippen LogP contribution is -2.57. The molecule has 0 saturated carbocycles. The summed E-state index contributed by atoms with van der Waals surface area (Å²) in [5.74, 6) is -4.87. The maximum absolute atomic E-state index is 12.8. The fraction of sp³-hybridized carbons (Fsp3) is 0.773. The number of carbonyl (C=O) groups excluding carboxylic acids is 5. The minimum atomic E-state index is -1.85. The van der Waals surface area contributed by atoms with Gasteiger partial charge in [-0.15, -0.1) is 0 Å². The summed E-state index contributed by atoms with van der Waals surface area (Å²) in [7, 11) is 0. The molecule has 12 heteroatoms. The Balaban J connectivity index is 5.56. The van der Waals surface area contributed by atoms with Crippen LogP contribution in [0.1, 0.15) is 60.3 Å². The first-order valence-electron chi connectivity index (χ1n) is 11.3. The van der Waals surface area contributed by atoms with Crippen molar-refractivity contribution in [2.75, 3.05) is 0 Å². The monoisotopic (exact) mass is 488 g/mol. The zero-order chi connectivity index (χ0) is 26.7. The van der Waals surface area contributed by atoms with Crippen molar-refractivity contribution in [3.8, 4) is 0 Å². The molecular weight excluding hydrogens is 448 g/mol. The van der Waals surface area contributed by atoms with Crippen molar-refractivity contribution in [3.63, 3.8) is 0 Å². The van der Waals surface area contributed by atoms with Gasteiger partial charge in [0.2, 0.25) is 23.6 Å². The molecule has 7 unspecified atom stereocenters. The highest BCUT2D eigenvalue weighted by molar-refractivity contribution is 5.92. The summed E-state index contributed by atoms with van der Waals surface area (Å²) >= 11 is 0. The Kier molecular flexibility index (Phi) is 13.5. The first kappa shape index (κ1) is 31.4. The van der Waals surface area contributed by atoms with Crippen LogP contribution in [0.15, 0.2) is 0 Å². The van der Waals surface area contributed by atoms with Gasteiger partial charge in [0.25, 0.3) is 0 Å². The summed E-state index contributed by atoms with van der Waals surface area (Å²) in [5, 5.41) is 35.4. The van der Waals surface area contributed by atoms with Crippen molar-refractivity contribution in [1.82, 2.24) is 10.6 Å². The van der Waals surface area contributed by atoms with E-state index >= 15 is 0 Å². The average molecular weight is 489 g/mol. The largest absolute Gasteiger partial charge is 0.392 e. The molecule has 0 spiro atoms. The highest BCUT2D eigenvalue weighted by Gasteiger charge is 2.35. The van der Waals surface area contributed by atoms with Crippen LogP contribution in [-0.2, 0) is 24.0 Å². The van der Waals surface area contributed by atoms with E-state index in [4.69, 9.17) is 11.5 Å². The number of aliphatic hydroxyl groups excluding tert-OH is 3. The van der Waals surface area contributed by atoms with E-state index in [1.54, 1.807) is 6.92 Å². The van der Waals surface area contributed by atoms with Gasteiger partial charge in [-0.1, -0.05) is 27.7 Å². The lowest BCUT2D eigenvalue weighted by molar-refractivity contribution is -0.137. The van der Waals surface area contributed by atoms with Crippen LogP contribution in [-0.4, -0.2) is 75.1 Å². The molecule has 0 bridgehead atoms. The molecule has 0 aliphatic heterocycles. The number of ketones is 1. The van der Waals surface area contributed by atoms with E-state index in [2.05, 4.69) is 10.6 Å². The van der Waals surface area contributed by atoms with Crippen LogP contribution in [0.2, 0.25) is 0 Å². The summed E-state index contributed by atoms with van der Waals surface area (Å²) in [4.78, 5) is 59.7. The fourth-order valence-electron chi connectivity index (χ4n) is 3.61. The van der Waals surface area contributed by atoms with E-state index in [0.29, 0.717) is 12.3 Å². The zero-order valence-corrected chi connectivity index (χ0v) is 20.5. The van der Waals surface area contributed by atoms with Crippen LogP contribution in [0.5, 0.6) is 0 Å². The van der Waals surface area contributed by atoms with Gasteiger partial charge in [-0.25, -0.2) is 0 Å². The van der Waals surface area contributed by atoms with Crippen molar-refractivity contribution in [2.45, 2.75) is 90.7 Å². The van der Waals surface area contributed by atoms with Gasteiger partial charge >= 0.3 is 0 Å². The van der Waals surface area contributed by atoms with E-state index in [1.165, 1.54) is 6.92 Å². The summed E-state index contributed by atoms with van der Waals surface area (Å²) in [6.45, 7) is 8.27. The highest BCUT2D eigenvalue weighted by atomic mass is 16.3. The third kappa shape index (κ3) is 11.0. The van der Waals surface area contributed by atoms with Gasteiger partial charge in [0, 0.05) is 6.42 Å². The van der Waals surface area contributed by atoms with Crippen LogP contribution in [0, 0.1) is 17.8 Å². The number of Topliss-reactive ketones (excluding diaryl/α,β-unsaturated/α-hetero) is 1. The lowest BCUT2D eigenvalue weighted by Gasteiger charge is -2.29. The van der Waals surface area contributed by atoms with E-state index in [9.17, 15) is 39.3 Å². The molecule has 34 heavy (non-hydrogen) atoms. The quantitative estimate of drug-likeness (QED) is 0.129. The van der Waals surface area contributed by atoms with Gasteiger partial charge in [-0.2, -0.15) is 0 Å². The molecule has 9 N–H and O–H groups in total. The van der Waals surface area contributed by atoms with Gasteiger partial charge in [0.15, 0.2) is 5.78 Å². The Morgan fingerprint density at radius 3 is 1.82 bits per heavy atom. The topological polar surface area (TPSA) is 222 Å². The van der Waals surface area contributed by atoms with E-state index in [1.807, 2.05) is 13.8 Å². The van der Waals surface area contributed by atoms with E-state index in [-0.39, 0.29) is 18.8 Å². The van der Waals surface area contributed by atoms with Crippen LogP contribution >= 0.6 is 0 Å². The Morgan fingerprint density at radius 2 is 1.38 bits per heavy atom. The molecule has 196 valence electrons. The van der Waals surface area contributed by atoms with Crippen molar-refractivity contribution >= 4 is 29.4 Å². The first-order chi connectivity index (χ1) is 15.6. The summed E-state index contributed by atoms with van der Waals surface area (Å²) in [5.41, 5.74) is 10.3. The highest BCUT2D eigenvalue weighted by Crippen LogP contribution is 2.21. The van der Waals surface area contributed by atoms with E-state index < -0.39 is 72.1 Å². The molecule has 4 amide bonds. The van der Waals surface area contributed by atoms with Crippen LogP contribution < -0.4 is 22.1 Å². The van der Waals surface area contributed by atoms with Gasteiger partial charge in [-0.3, -0.25) is 24.0 Å². The normalized spacial score (nSPS) is 17.6. The van der Waals surface area contributed by atoms with Crippen molar-refractivity contribution < 1.29 is 39.3 Å². The molecule has 7 atom stereocenters. The van der Waals surface area contributed by atoms with Crippen molar-refractivity contribution in [2.24, 2.45) is 29.2 Å². The summed E-state index contributed by atoms with van der Waals surface area (Å²) < 4.78 is 0. The predicted molar refractivity (Wildman–Crippen MR) is 123 cm³/mol. The number of hydrogen-bond acceptors (Lipinski definition) is 8. The second kappa shape index (κ2) is 14.6. The number of aliphatic hydroxyl groups is 3. The Labute approximate surface area is 199 Å². The molecule has 0 aliphatic rings. The van der Waals surface area contributed by atoms with Crippen LogP contribution in [0.25, 0.3) is 0 Å². The molecule has 0 radical (unpaired) electrons. The number of amides is 4. The maximum atomic E-state index is 12.8. The fourth-order valence-corrected chi connectivity index (χ4v) is 3.61. The molecule has 0 heterocycles. The van der Waals surface area contributed by atoms with Gasteiger partial charge < -0.3 is 37.4 Å². The number of rotatable bonds is 16. The minimum Gasteiger partial charge on any atom is -0.392 e. The van der Waals surface area contributed by atoms with Crippen LogP contribution in [0.4, 0.5) is 0 Å². The smallest absolute Gasteiger partial charge is 0.243 e. The summed E-state index contributed by atoms with van der Waals surface area (Å²) in [6.07, 6.45) is -5.04. The van der Waals surface area contributed by atoms with Crippen molar-refractivity contribution in [1.29, 1.82) is 0 Å². The molecule has 0 aromatic heterocycles. The molecule has 0 aromatic rings. The molecule has 0 rings (SSSR count). The zero-order valence-electron chi connectivity index (χ0n) is 20.5. The molecule has 12 nitrogen and oxygen atoms in total. The molecule has 0 saturated heterocycles. The number of nitrogens with one attached hydrogen (secondary N) is 2. The Bertz CT molecular complexity index is 730. The Hall–Kier alpha value is -2.57. The first-order valence-corrected chi connectivity index (χ1v) is 11.3. The number of primary amides is 2. The number of hydrogen-bond donors (Lipinski definition) is 7. The van der Waals surface area contributed by atoms with Crippen LogP contribution in [0.3, 0.4) is 0 Å². The third-order valence-electron chi connectivity index (χ3n) is 5.57. The summed E-state index contributed by atoms with van der Waals surface area (Å²) in [6, 6.07) is -2.75. The van der Waals surface area contributed by atoms with Gasteiger partial charge in [0.05, 0.1) is 24.5 Å².